The number of para-hydroxylation sites is 1. The number of hydrogen-bond acceptors (Lipinski definition) is 4. The molecule has 0 amide bonds. The molecule has 1 aliphatic rings. The fraction of sp³-hybridized carbons (Fsp3) is 0.375. The van der Waals surface area contributed by atoms with E-state index in [-0.39, 0.29) is 0 Å². The van der Waals surface area contributed by atoms with Crippen LogP contribution < -0.4 is 5.32 Å². The maximum absolute atomic E-state index is 11.9. The van der Waals surface area contributed by atoms with Gasteiger partial charge in [0.2, 0.25) is 0 Å². The Labute approximate surface area is 123 Å². The summed E-state index contributed by atoms with van der Waals surface area (Å²) in [6.07, 6.45) is 2.68. The Morgan fingerprint density at radius 3 is 2.95 bits per heavy atom. The van der Waals surface area contributed by atoms with E-state index in [0.29, 0.717) is 0 Å². The summed E-state index contributed by atoms with van der Waals surface area (Å²) in [5.41, 5.74) is 1.56. The maximum Gasteiger partial charge on any atom is 0.325 e. The minimum absolute atomic E-state index is 0.636. The molecule has 1 saturated heterocycles. The molecule has 0 spiro atoms. The average molecular weight is 285 g/mol. The summed E-state index contributed by atoms with van der Waals surface area (Å²) in [5, 5.41) is 14.0. The third-order valence-corrected chi connectivity index (χ3v) is 3.93. The van der Waals surface area contributed by atoms with Gasteiger partial charge in [-0.3, -0.25) is 14.7 Å². The van der Waals surface area contributed by atoms with Crippen molar-refractivity contribution in [2.45, 2.75) is 12.5 Å². The number of fused-ring (bicyclic) bond motifs is 1. The van der Waals surface area contributed by atoms with Gasteiger partial charge in [-0.05, 0) is 19.0 Å². The first-order valence-corrected chi connectivity index (χ1v) is 7.28. The van der Waals surface area contributed by atoms with Crippen molar-refractivity contribution in [1.29, 1.82) is 0 Å². The van der Waals surface area contributed by atoms with Gasteiger partial charge in [0.25, 0.3) is 0 Å². The van der Waals surface area contributed by atoms with E-state index >= 15 is 0 Å². The van der Waals surface area contributed by atoms with Gasteiger partial charge >= 0.3 is 5.97 Å². The Kier molecular flexibility index (Phi) is 4.13. The van der Waals surface area contributed by atoms with Crippen LogP contribution in [-0.4, -0.2) is 47.1 Å². The fourth-order valence-corrected chi connectivity index (χ4v) is 2.96. The summed E-state index contributed by atoms with van der Waals surface area (Å²) in [4.78, 5) is 18.3. The van der Waals surface area contributed by atoms with Gasteiger partial charge in [0.1, 0.15) is 6.04 Å². The molecule has 0 aliphatic carbocycles. The molecule has 1 aliphatic heterocycles. The van der Waals surface area contributed by atoms with E-state index in [1.807, 2.05) is 35.2 Å². The van der Waals surface area contributed by atoms with Crippen LogP contribution in [0.2, 0.25) is 0 Å². The molecular weight excluding hydrogens is 266 g/mol. The van der Waals surface area contributed by atoms with Crippen molar-refractivity contribution in [2.75, 3.05) is 26.2 Å². The maximum atomic E-state index is 11.9. The molecule has 3 rings (SSSR count). The van der Waals surface area contributed by atoms with Crippen molar-refractivity contribution in [3.8, 4) is 0 Å². The highest BCUT2D eigenvalue weighted by atomic mass is 16.4. The van der Waals surface area contributed by atoms with E-state index < -0.39 is 12.0 Å². The molecule has 5 nitrogen and oxygen atoms in total. The highest BCUT2D eigenvalue weighted by Gasteiger charge is 2.29. The predicted molar refractivity (Wildman–Crippen MR) is 81.2 cm³/mol. The summed E-state index contributed by atoms with van der Waals surface area (Å²) in [6, 6.07) is 8.96. The lowest BCUT2D eigenvalue weighted by molar-refractivity contribution is -0.143. The smallest absolute Gasteiger partial charge is 0.325 e. The summed E-state index contributed by atoms with van der Waals surface area (Å²) in [5.74, 6) is -0.810. The average Bonchev–Trinajstić information content (AvgIpc) is 2.77. The SMILES string of the molecule is O=C(O)C(c1cccc2cccnc12)N1CCCNCC1. The van der Waals surface area contributed by atoms with Gasteiger partial charge in [-0.25, -0.2) is 0 Å². The fourth-order valence-electron chi connectivity index (χ4n) is 2.96. The lowest BCUT2D eigenvalue weighted by Gasteiger charge is -2.27. The van der Waals surface area contributed by atoms with Crippen LogP contribution in [0.25, 0.3) is 10.9 Å². The molecule has 1 atom stereocenters. The second-order valence-corrected chi connectivity index (χ2v) is 5.30. The number of rotatable bonds is 3. The first-order valence-electron chi connectivity index (χ1n) is 7.28. The number of nitrogens with zero attached hydrogens (tertiary/aromatic N) is 2. The molecular formula is C16H19N3O2. The molecule has 110 valence electrons. The van der Waals surface area contributed by atoms with Crippen molar-refractivity contribution >= 4 is 16.9 Å². The Morgan fingerprint density at radius 2 is 2.10 bits per heavy atom. The van der Waals surface area contributed by atoms with Crippen LogP contribution in [0, 0.1) is 0 Å². The topological polar surface area (TPSA) is 65.5 Å². The Hall–Kier alpha value is -1.98. The minimum atomic E-state index is -0.810. The number of carboxylic acids is 1. The molecule has 2 N–H and O–H groups in total. The van der Waals surface area contributed by atoms with Crippen LogP contribution in [0.4, 0.5) is 0 Å². The van der Waals surface area contributed by atoms with Crippen molar-refractivity contribution in [1.82, 2.24) is 15.2 Å². The zero-order valence-corrected chi connectivity index (χ0v) is 11.8. The normalized spacial score (nSPS) is 18.3. The summed E-state index contributed by atoms with van der Waals surface area (Å²) in [6.45, 7) is 3.28. The van der Waals surface area contributed by atoms with Gasteiger partial charge in [-0.1, -0.05) is 24.3 Å². The third kappa shape index (κ3) is 2.89. The second-order valence-electron chi connectivity index (χ2n) is 5.30. The van der Waals surface area contributed by atoms with Crippen LogP contribution in [-0.2, 0) is 4.79 Å². The molecule has 0 saturated carbocycles. The molecule has 5 heteroatoms. The van der Waals surface area contributed by atoms with E-state index in [0.717, 1.165) is 49.1 Å². The zero-order chi connectivity index (χ0) is 14.7. The molecule has 2 aromatic rings. The van der Waals surface area contributed by atoms with Crippen molar-refractivity contribution in [2.24, 2.45) is 0 Å². The van der Waals surface area contributed by atoms with Gasteiger partial charge in [0.15, 0.2) is 0 Å². The van der Waals surface area contributed by atoms with E-state index in [4.69, 9.17) is 0 Å². The monoisotopic (exact) mass is 285 g/mol. The summed E-state index contributed by atoms with van der Waals surface area (Å²) >= 11 is 0. The molecule has 1 unspecified atom stereocenters. The first-order chi connectivity index (χ1) is 10.3. The summed E-state index contributed by atoms with van der Waals surface area (Å²) in [7, 11) is 0. The second kappa shape index (κ2) is 6.20. The van der Waals surface area contributed by atoms with E-state index in [1.54, 1.807) is 6.20 Å². The number of pyridine rings is 1. The Bertz CT molecular complexity index is 631. The van der Waals surface area contributed by atoms with Crippen LogP contribution >= 0.6 is 0 Å². The quantitative estimate of drug-likeness (QED) is 0.898. The van der Waals surface area contributed by atoms with Crippen molar-refractivity contribution in [3.63, 3.8) is 0 Å². The number of aromatic nitrogens is 1. The Balaban J connectivity index is 2.05. The highest BCUT2D eigenvalue weighted by Crippen LogP contribution is 2.27. The number of nitrogens with one attached hydrogen (secondary N) is 1. The Morgan fingerprint density at radius 1 is 1.24 bits per heavy atom. The molecule has 21 heavy (non-hydrogen) atoms. The van der Waals surface area contributed by atoms with Gasteiger partial charge in [-0.2, -0.15) is 0 Å². The van der Waals surface area contributed by atoms with Gasteiger partial charge in [-0.15, -0.1) is 0 Å². The van der Waals surface area contributed by atoms with Gasteiger partial charge < -0.3 is 10.4 Å². The highest BCUT2D eigenvalue weighted by molar-refractivity contribution is 5.87. The minimum Gasteiger partial charge on any atom is -0.480 e. The van der Waals surface area contributed by atoms with Gasteiger partial charge in [0.05, 0.1) is 5.52 Å². The van der Waals surface area contributed by atoms with E-state index in [2.05, 4.69) is 10.3 Å². The predicted octanol–water partition coefficient (Wildman–Crippen LogP) is 1.66. The third-order valence-electron chi connectivity index (χ3n) is 3.93. The number of hydrogen-bond donors (Lipinski definition) is 2. The molecule has 0 radical (unpaired) electrons. The summed E-state index contributed by atoms with van der Waals surface area (Å²) < 4.78 is 0. The van der Waals surface area contributed by atoms with Crippen LogP contribution in [0.3, 0.4) is 0 Å². The van der Waals surface area contributed by atoms with E-state index in [1.165, 1.54) is 0 Å². The molecule has 1 aromatic heterocycles. The van der Waals surface area contributed by atoms with E-state index in [9.17, 15) is 9.90 Å². The number of benzene rings is 1. The lowest BCUT2D eigenvalue weighted by atomic mass is 10.0. The molecule has 1 aromatic carbocycles. The van der Waals surface area contributed by atoms with Gasteiger partial charge in [0, 0.05) is 36.8 Å². The number of carbonyl (C=O) groups is 1. The zero-order valence-electron chi connectivity index (χ0n) is 11.8. The lowest BCUT2D eigenvalue weighted by Crippen LogP contribution is -2.36. The van der Waals surface area contributed by atoms with Crippen molar-refractivity contribution < 1.29 is 9.90 Å². The van der Waals surface area contributed by atoms with Crippen LogP contribution in [0.1, 0.15) is 18.0 Å². The first kappa shape index (κ1) is 14.0. The molecule has 2 heterocycles. The standard InChI is InChI=1S/C16H19N3O2/c20-16(21)15(19-10-3-7-17-9-11-19)13-6-1-4-12-5-2-8-18-14(12)13/h1-2,4-6,8,15,17H,3,7,9-11H2,(H,20,21). The number of carboxylic acid groups (broad SMARTS) is 1. The molecule has 0 bridgehead atoms. The van der Waals surface area contributed by atoms with Crippen LogP contribution in [0.5, 0.6) is 0 Å². The largest absolute Gasteiger partial charge is 0.480 e. The number of aliphatic carboxylic acids is 1. The van der Waals surface area contributed by atoms with Crippen molar-refractivity contribution in [3.05, 3.63) is 42.1 Å². The molecule has 1 fully saturated rings. The van der Waals surface area contributed by atoms with Crippen LogP contribution in [0.15, 0.2) is 36.5 Å².